The summed E-state index contributed by atoms with van der Waals surface area (Å²) in [5.41, 5.74) is 0.00436. The van der Waals surface area contributed by atoms with Gasteiger partial charge < -0.3 is 10.2 Å². The predicted molar refractivity (Wildman–Crippen MR) is 66.1 cm³/mol. The average molecular weight is 311 g/mol. The zero-order valence-corrected chi connectivity index (χ0v) is 10.9. The van der Waals surface area contributed by atoms with Crippen LogP contribution in [0.2, 0.25) is 5.02 Å². The maximum absolute atomic E-state index is 13.7. The van der Waals surface area contributed by atoms with Gasteiger partial charge in [-0.05, 0) is 18.6 Å². The number of nitrogens with one attached hydrogen (secondary N) is 1. The number of benzene rings is 1. The van der Waals surface area contributed by atoms with Crippen LogP contribution in [-0.2, 0) is 4.79 Å². The lowest BCUT2D eigenvalue weighted by Crippen LogP contribution is -2.39. The van der Waals surface area contributed by atoms with Gasteiger partial charge in [-0.25, -0.2) is 4.39 Å². The second-order valence-corrected chi connectivity index (χ2v) is 4.87. The third kappa shape index (κ3) is 3.33. The van der Waals surface area contributed by atoms with E-state index in [9.17, 15) is 22.4 Å². The number of likely N-dealkylation sites (tertiary alicyclic amines) is 1. The lowest BCUT2D eigenvalue weighted by molar-refractivity contribution is -0.157. The predicted octanol–water partition coefficient (Wildman–Crippen LogP) is 3.05. The molecule has 1 saturated heterocycles. The Labute approximate surface area is 117 Å². The van der Waals surface area contributed by atoms with Gasteiger partial charge in [-0.2, -0.15) is 13.2 Å². The molecule has 8 heteroatoms. The topological polar surface area (TPSA) is 32.3 Å². The normalized spacial score (nSPS) is 19.6. The number of rotatable bonds is 3. The Kier molecular flexibility index (Phi) is 4.08. The first-order valence-electron chi connectivity index (χ1n) is 5.84. The van der Waals surface area contributed by atoms with E-state index in [4.69, 9.17) is 11.6 Å². The van der Waals surface area contributed by atoms with Gasteiger partial charge in [0.1, 0.15) is 12.6 Å². The van der Waals surface area contributed by atoms with Gasteiger partial charge in [-0.15, -0.1) is 0 Å². The minimum Gasteiger partial charge on any atom is -0.371 e. The molecule has 0 radical (unpaired) electrons. The van der Waals surface area contributed by atoms with Crippen LogP contribution in [0.3, 0.4) is 0 Å². The number of anilines is 1. The van der Waals surface area contributed by atoms with E-state index < -0.39 is 30.5 Å². The average Bonchev–Trinajstić information content (AvgIpc) is 2.66. The van der Waals surface area contributed by atoms with Crippen molar-refractivity contribution in [1.82, 2.24) is 4.90 Å². The smallest absolute Gasteiger partial charge is 0.371 e. The first kappa shape index (κ1) is 14.9. The van der Waals surface area contributed by atoms with Crippen molar-refractivity contribution in [2.45, 2.75) is 18.6 Å². The highest BCUT2D eigenvalue weighted by Gasteiger charge is 2.39. The van der Waals surface area contributed by atoms with E-state index in [-0.39, 0.29) is 23.7 Å². The van der Waals surface area contributed by atoms with Crippen molar-refractivity contribution in [2.24, 2.45) is 0 Å². The number of carbonyl (C=O) groups is 1. The van der Waals surface area contributed by atoms with Crippen molar-refractivity contribution in [3.63, 3.8) is 0 Å². The van der Waals surface area contributed by atoms with E-state index in [1.165, 1.54) is 18.2 Å². The highest BCUT2D eigenvalue weighted by molar-refractivity contribution is 6.31. The fourth-order valence-corrected chi connectivity index (χ4v) is 2.22. The standard InChI is InChI=1S/C12H11ClF4N2O/c13-7-2-1-3-8(10(7)14)18-9-4-5-19(11(9)20)6-12(15,16)17/h1-3,9,18H,4-6H2/t9-/m1/s1. The SMILES string of the molecule is O=C1[C@H](Nc2cccc(Cl)c2F)CCN1CC(F)(F)F. The van der Waals surface area contributed by atoms with Crippen molar-refractivity contribution in [3.8, 4) is 0 Å². The Bertz CT molecular complexity index is 521. The van der Waals surface area contributed by atoms with E-state index in [0.29, 0.717) is 4.90 Å². The Morgan fingerprint density at radius 2 is 2.10 bits per heavy atom. The highest BCUT2D eigenvalue weighted by Crippen LogP contribution is 2.26. The van der Waals surface area contributed by atoms with Gasteiger partial charge in [0.25, 0.3) is 0 Å². The van der Waals surface area contributed by atoms with Gasteiger partial charge in [0.2, 0.25) is 5.91 Å². The lowest BCUT2D eigenvalue weighted by Gasteiger charge is -2.19. The zero-order chi connectivity index (χ0) is 14.9. The number of amides is 1. The van der Waals surface area contributed by atoms with Crippen molar-refractivity contribution < 1.29 is 22.4 Å². The van der Waals surface area contributed by atoms with Crippen molar-refractivity contribution in [1.29, 1.82) is 0 Å². The number of nitrogens with zero attached hydrogens (tertiary/aromatic N) is 1. The molecule has 1 heterocycles. The van der Waals surface area contributed by atoms with E-state index in [0.717, 1.165) is 0 Å². The van der Waals surface area contributed by atoms with Crippen LogP contribution < -0.4 is 5.32 Å². The van der Waals surface area contributed by atoms with Crippen molar-refractivity contribution in [2.75, 3.05) is 18.4 Å². The molecule has 1 aliphatic heterocycles. The second kappa shape index (κ2) is 5.47. The van der Waals surface area contributed by atoms with E-state index in [1.807, 2.05) is 0 Å². The van der Waals surface area contributed by atoms with Crippen LogP contribution in [0.15, 0.2) is 18.2 Å². The molecule has 1 amide bonds. The Hall–Kier alpha value is -1.50. The fraction of sp³-hybridized carbons (Fsp3) is 0.417. The summed E-state index contributed by atoms with van der Waals surface area (Å²) < 4.78 is 50.4. The summed E-state index contributed by atoms with van der Waals surface area (Å²) in [5, 5.41) is 2.48. The zero-order valence-electron chi connectivity index (χ0n) is 10.2. The van der Waals surface area contributed by atoms with Crippen molar-refractivity contribution in [3.05, 3.63) is 29.0 Å². The lowest BCUT2D eigenvalue weighted by atomic mass is 10.2. The Balaban J connectivity index is 2.05. The molecule has 0 spiro atoms. The molecule has 110 valence electrons. The van der Waals surface area contributed by atoms with Crippen LogP contribution in [0.25, 0.3) is 0 Å². The maximum atomic E-state index is 13.7. The number of hydrogen-bond acceptors (Lipinski definition) is 2. The first-order chi connectivity index (χ1) is 9.28. The fourth-order valence-electron chi connectivity index (χ4n) is 2.05. The molecular formula is C12H11ClF4N2O. The number of halogens is 5. The summed E-state index contributed by atoms with van der Waals surface area (Å²) >= 11 is 5.59. The minimum absolute atomic E-state index is 0.00436. The third-order valence-corrected chi connectivity index (χ3v) is 3.24. The van der Waals surface area contributed by atoms with Crippen LogP contribution in [0.1, 0.15) is 6.42 Å². The Morgan fingerprint density at radius 1 is 1.40 bits per heavy atom. The summed E-state index contributed by atoms with van der Waals surface area (Å²) in [5.74, 6) is -1.42. The van der Waals surface area contributed by atoms with Crippen LogP contribution in [-0.4, -0.2) is 36.1 Å². The maximum Gasteiger partial charge on any atom is 0.406 e. The van der Waals surface area contributed by atoms with E-state index in [2.05, 4.69) is 5.32 Å². The molecule has 0 aliphatic carbocycles. The minimum atomic E-state index is -4.44. The molecule has 1 aliphatic rings. The van der Waals surface area contributed by atoms with Gasteiger partial charge in [0.05, 0.1) is 10.7 Å². The molecule has 2 rings (SSSR count). The number of alkyl halides is 3. The molecule has 3 nitrogen and oxygen atoms in total. The third-order valence-electron chi connectivity index (χ3n) is 2.95. The van der Waals surface area contributed by atoms with Crippen LogP contribution in [0.5, 0.6) is 0 Å². The molecule has 1 fully saturated rings. The quantitative estimate of drug-likeness (QED) is 0.870. The number of carbonyl (C=O) groups excluding carboxylic acids is 1. The monoisotopic (exact) mass is 310 g/mol. The molecule has 20 heavy (non-hydrogen) atoms. The van der Waals surface area contributed by atoms with Crippen molar-refractivity contribution >= 4 is 23.2 Å². The van der Waals surface area contributed by atoms with Crippen LogP contribution in [0, 0.1) is 5.82 Å². The number of hydrogen-bond donors (Lipinski definition) is 1. The van der Waals surface area contributed by atoms with Crippen LogP contribution >= 0.6 is 11.6 Å². The van der Waals surface area contributed by atoms with Gasteiger partial charge in [0, 0.05) is 6.54 Å². The molecule has 1 atom stereocenters. The molecular weight excluding hydrogens is 300 g/mol. The molecule has 0 aromatic heterocycles. The van der Waals surface area contributed by atoms with Gasteiger partial charge >= 0.3 is 6.18 Å². The largest absolute Gasteiger partial charge is 0.406 e. The van der Waals surface area contributed by atoms with E-state index >= 15 is 0 Å². The van der Waals surface area contributed by atoms with Gasteiger partial charge in [-0.3, -0.25) is 4.79 Å². The van der Waals surface area contributed by atoms with Crippen LogP contribution in [0.4, 0.5) is 23.2 Å². The molecule has 0 unspecified atom stereocenters. The molecule has 1 aromatic rings. The second-order valence-electron chi connectivity index (χ2n) is 4.46. The highest BCUT2D eigenvalue weighted by atomic mass is 35.5. The molecule has 0 bridgehead atoms. The summed E-state index contributed by atoms with van der Waals surface area (Å²) in [6.07, 6.45) is -4.26. The molecule has 0 saturated carbocycles. The van der Waals surface area contributed by atoms with Gasteiger partial charge in [-0.1, -0.05) is 17.7 Å². The first-order valence-corrected chi connectivity index (χ1v) is 6.22. The summed E-state index contributed by atoms with van der Waals surface area (Å²) in [6, 6.07) is 3.33. The van der Waals surface area contributed by atoms with E-state index in [1.54, 1.807) is 0 Å². The van der Waals surface area contributed by atoms with Gasteiger partial charge in [0.15, 0.2) is 5.82 Å². The summed E-state index contributed by atoms with van der Waals surface area (Å²) in [6.45, 7) is -1.31. The Morgan fingerprint density at radius 3 is 2.75 bits per heavy atom. The summed E-state index contributed by atoms with van der Waals surface area (Å²) in [7, 11) is 0. The molecule has 1 N–H and O–H groups in total. The molecule has 1 aromatic carbocycles. The summed E-state index contributed by atoms with van der Waals surface area (Å²) in [4.78, 5) is 12.5.